The molecule has 1 atom stereocenters. The van der Waals surface area contributed by atoms with Gasteiger partial charge in [-0.05, 0) is 40.1 Å². The van der Waals surface area contributed by atoms with Gasteiger partial charge in [0.25, 0.3) is 0 Å². The van der Waals surface area contributed by atoms with Gasteiger partial charge in [0.1, 0.15) is 12.2 Å². The lowest BCUT2D eigenvalue weighted by Crippen LogP contribution is -2.42. The topological polar surface area (TPSA) is 103 Å². The molecule has 174 valence electrons. The average molecular weight is 455 g/mol. The molecule has 2 N–H and O–H groups in total. The maximum Gasteiger partial charge on any atom is 0.305 e. The van der Waals surface area contributed by atoms with Crippen LogP contribution in [-0.2, 0) is 11.3 Å². The Morgan fingerprint density at radius 2 is 1.82 bits per heavy atom. The number of imidazole rings is 1. The van der Waals surface area contributed by atoms with Gasteiger partial charge in [0.15, 0.2) is 28.7 Å². The molecule has 9 nitrogen and oxygen atoms in total. The van der Waals surface area contributed by atoms with Crippen molar-refractivity contribution in [2.75, 3.05) is 21.0 Å². The summed E-state index contributed by atoms with van der Waals surface area (Å²) < 4.78 is 24.6. The molecule has 0 aliphatic carbocycles. The highest BCUT2D eigenvalue weighted by Crippen LogP contribution is 2.36. The first-order valence-corrected chi connectivity index (χ1v) is 10.5. The van der Waals surface area contributed by atoms with Crippen LogP contribution in [0.25, 0.3) is 0 Å². The van der Waals surface area contributed by atoms with Crippen molar-refractivity contribution in [3.63, 3.8) is 0 Å². The second-order valence-electron chi connectivity index (χ2n) is 7.88. The molecule has 1 aromatic heterocycles. The van der Waals surface area contributed by atoms with Gasteiger partial charge in [-0.15, -0.1) is 0 Å². The summed E-state index contributed by atoms with van der Waals surface area (Å²) in [6.07, 6.45) is -0.222. The fourth-order valence-corrected chi connectivity index (χ4v) is 4.17. The van der Waals surface area contributed by atoms with Gasteiger partial charge in [-0.1, -0.05) is 12.1 Å². The van der Waals surface area contributed by atoms with Crippen LogP contribution in [0.4, 0.5) is 0 Å². The molecule has 0 spiro atoms. The zero-order chi connectivity index (χ0) is 23.7. The first kappa shape index (κ1) is 22.3. The third kappa shape index (κ3) is 4.13. The largest absolute Gasteiger partial charge is 0.493 e. The van der Waals surface area contributed by atoms with Gasteiger partial charge in [-0.25, -0.2) is 4.57 Å². The summed E-state index contributed by atoms with van der Waals surface area (Å²) in [4.78, 5) is 11.8. The fraction of sp³-hybridized carbons (Fsp3) is 0.333. The van der Waals surface area contributed by atoms with Gasteiger partial charge in [-0.3, -0.25) is 4.79 Å². The quantitative estimate of drug-likeness (QED) is 0.398. The van der Waals surface area contributed by atoms with Crippen LogP contribution in [0.5, 0.6) is 23.0 Å². The van der Waals surface area contributed by atoms with Crippen LogP contribution in [0.2, 0.25) is 0 Å². The summed E-state index contributed by atoms with van der Waals surface area (Å²) in [7, 11) is 3.06. The Kier molecular flexibility index (Phi) is 6.04. The first-order valence-electron chi connectivity index (χ1n) is 10.5. The molecule has 1 aliphatic rings. The van der Waals surface area contributed by atoms with E-state index in [1.165, 1.54) is 14.2 Å². The Hall–Kier alpha value is -3.88. The zero-order valence-electron chi connectivity index (χ0n) is 19.0. The van der Waals surface area contributed by atoms with Gasteiger partial charge in [0, 0.05) is 13.8 Å². The summed E-state index contributed by atoms with van der Waals surface area (Å²) >= 11 is 0. The fourth-order valence-electron chi connectivity index (χ4n) is 4.17. The average Bonchev–Trinajstić information content (AvgIpc) is 3.36. The number of aliphatic carboxylic acids is 1. The van der Waals surface area contributed by atoms with Crippen LogP contribution in [0, 0.1) is 13.8 Å². The number of carboxylic acid groups (broad SMARTS) is 1. The number of rotatable bonds is 8. The van der Waals surface area contributed by atoms with E-state index in [0.29, 0.717) is 46.6 Å². The van der Waals surface area contributed by atoms with E-state index in [0.717, 1.165) is 16.0 Å². The molecular formula is C24H27N2O7+. The summed E-state index contributed by atoms with van der Waals surface area (Å²) in [5, 5.41) is 20.7. The van der Waals surface area contributed by atoms with E-state index < -0.39 is 11.9 Å². The smallest absolute Gasteiger partial charge is 0.305 e. The number of hydrogen-bond donors (Lipinski definition) is 2. The van der Waals surface area contributed by atoms with E-state index in [1.807, 2.05) is 29.7 Å². The highest BCUT2D eigenvalue weighted by atomic mass is 16.7. The van der Waals surface area contributed by atoms with Gasteiger partial charge in [-0.2, -0.15) is 0 Å². The second kappa shape index (κ2) is 8.93. The number of carbonyl (C=O) groups is 1. The molecule has 4 rings (SSSR count). The summed E-state index contributed by atoms with van der Waals surface area (Å²) in [6.45, 7) is 4.28. The molecule has 0 saturated carbocycles. The Labute approximate surface area is 191 Å². The van der Waals surface area contributed by atoms with Gasteiger partial charge in [0.05, 0.1) is 26.6 Å². The predicted molar refractivity (Wildman–Crippen MR) is 117 cm³/mol. The van der Waals surface area contributed by atoms with Crippen LogP contribution in [0.3, 0.4) is 0 Å². The molecule has 3 aromatic rings. The lowest BCUT2D eigenvalue weighted by molar-refractivity contribution is -0.703. The number of hydrogen-bond acceptors (Lipinski definition) is 6. The van der Waals surface area contributed by atoms with Crippen molar-refractivity contribution >= 4 is 5.97 Å². The van der Waals surface area contributed by atoms with Crippen molar-refractivity contribution in [2.24, 2.45) is 0 Å². The van der Waals surface area contributed by atoms with Crippen molar-refractivity contribution in [3.8, 4) is 23.0 Å². The minimum Gasteiger partial charge on any atom is -0.493 e. The highest BCUT2D eigenvalue weighted by molar-refractivity contribution is 5.69. The Morgan fingerprint density at radius 1 is 1.09 bits per heavy atom. The number of benzene rings is 2. The van der Waals surface area contributed by atoms with E-state index in [1.54, 1.807) is 25.1 Å². The molecule has 9 heteroatoms. The van der Waals surface area contributed by atoms with Crippen LogP contribution >= 0.6 is 0 Å². The van der Waals surface area contributed by atoms with E-state index in [-0.39, 0.29) is 13.2 Å². The molecular weight excluding hydrogens is 428 g/mol. The maximum atomic E-state index is 11.8. The minimum atomic E-state index is -0.985. The molecule has 0 saturated heterocycles. The van der Waals surface area contributed by atoms with Crippen LogP contribution < -0.4 is 23.5 Å². The predicted octanol–water partition coefficient (Wildman–Crippen LogP) is 3.03. The van der Waals surface area contributed by atoms with E-state index in [4.69, 9.17) is 18.9 Å². The Balaban J connectivity index is 1.82. The molecule has 0 amide bonds. The molecule has 1 aliphatic heterocycles. The summed E-state index contributed by atoms with van der Waals surface area (Å²) in [6, 6.07) is 10.9. The van der Waals surface area contributed by atoms with Crippen molar-refractivity contribution < 1.29 is 38.6 Å². The third-order valence-electron chi connectivity index (χ3n) is 6.02. The molecule has 33 heavy (non-hydrogen) atoms. The van der Waals surface area contributed by atoms with E-state index >= 15 is 0 Å². The van der Waals surface area contributed by atoms with Crippen molar-refractivity contribution in [1.82, 2.24) is 4.73 Å². The van der Waals surface area contributed by atoms with E-state index in [9.17, 15) is 15.1 Å². The van der Waals surface area contributed by atoms with Gasteiger partial charge in [0.2, 0.25) is 6.79 Å². The number of carboxylic acids is 1. The summed E-state index contributed by atoms with van der Waals surface area (Å²) in [5.41, 5.74) is 3.06. The molecule has 0 fully saturated rings. The number of aromatic nitrogens is 2. The summed E-state index contributed by atoms with van der Waals surface area (Å²) in [5.74, 6) is 1.19. The Morgan fingerprint density at radius 3 is 2.52 bits per heavy atom. The number of ether oxygens (including phenoxy) is 4. The lowest BCUT2D eigenvalue weighted by atomic mass is 9.94. The minimum absolute atomic E-state index is 0.183. The second-order valence-corrected chi connectivity index (χ2v) is 7.88. The van der Waals surface area contributed by atoms with E-state index in [2.05, 4.69) is 0 Å². The van der Waals surface area contributed by atoms with Gasteiger partial charge < -0.3 is 29.3 Å². The van der Waals surface area contributed by atoms with Crippen molar-refractivity contribution in [3.05, 3.63) is 64.7 Å². The normalized spacial score (nSPS) is 13.1. The maximum absolute atomic E-state index is 11.8. The van der Waals surface area contributed by atoms with Crippen LogP contribution in [0.15, 0.2) is 36.4 Å². The van der Waals surface area contributed by atoms with Gasteiger partial charge >= 0.3 is 11.8 Å². The monoisotopic (exact) mass is 455 g/mol. The first-order chi connectivity index (χ1) is 15.8. The SMILES string of the molecule is COc1ccc([C@H](CC(=O)O)c2n(O)c(C)c(C)[n+]2Cc2ccc3c(c2)OCO3)cc1OC. The number of nitrogens with zero attached hydrogens (tertiary/aromatic N) is 2. The zero-order valence-corrected chi connectivity index (χ0v) is 19.0. The number of fused-ring (bicyclic) bond motifs is 1. The van der Waals surface area contributed by atoms with Crippen LogP contribution in [-0.4, -0.2) is 42.0 Å². The molecule has 0 unspecified atom stereocenters. The van der Waals surface area contributed by atoms with Crippen molar-refractivity contribution in [1.29, 1.82) is 0 Å². The standard InChI is InChI=1S/C24H26N2O7/c1-14-15(2)26(29)24(25(14)12-16-5-7-20-22(9-16)33-13-32-20)18(11-23(27)28)17-6-8-19(30-3)21(10-17)31-4/h5-10,18H,11-13H2,1-4H3,(H-,27,28,29)/p+1/t18-/m0/s1. The lowest BCUT2D eigenvalue weighted by Gasteiger charge is -2.16. The third-order valence-corrected chi connectivity index (χ3v) is 6.02. The van der Waals surface area contributed by atoms with Crippen LogP contribution in [0.1, 0.15) is 40.7 Å². The molecule has 2 aromatic carbocycles. The molecule has 2 heterocycles. The highest BCUT2D eigenvalue weighted by Gasteiger charge is 2.36. The van der Waals surface area contributed by atoms with Crippen molar-refractivity contribution in [2.45, 2.75) is 32.7 Å². The number of methoxy groups -OCH3 is 2. The Bertz CT molecular complexity index is 1200. The molecule has 0 radical (unpaired) electrons. The molecule has 0 bridgehead atoms.